The van der Waals surface area contributed by atoms with Crippen LogP contribution in [0.15, 0.2) is 78.6 Å². The Hall–Kier alpha value is -3.93. The number of aryl methyl sites for hydroxylation is 1. The second-order valence-electron chi connectivity index (χ2n) is 8.07. The first kappa shape index (κ1) is 22.3. The molecule has 1 aliphatic heterocycles. The molecule has 1 fully saturated rings. The minimum atomic E-state index is -0.730. The molecule has 1 saturated heterocycles. The molecule has 3 aromatic rings. The molecule has 1 unspecified atom stereocenters. The normalized spacial score (nSPS) is 17.4. The van der Waals surface area contributed by atoms with Crippen molar-refractivity contribution in [2.75, 3.05) is 6.61 Å². The van der Waals surface area contributed by atoms with E-state index in [1.807, 2.05) is 56.3 Å². The van der Waals surface area contributed by atoms with E-state index in [-0.39, 0.29) is 17.9 Å². The van der Waals surface area contributed by atoms with Crippen molar-refractivity contribution < 1.29 is 19.4 Å². The van der Waals surface area contributed by atoms with E-state index in [2.05, 4.69) is 4.98 Å². The number of hydrogen-bond acceptors (Lipinski definition) is 5. The number of ether oxygens (including phenoxy) is 1. The van der Waals surface area contributed by atoms with Gasteiger partial charge in [0.05, 0.1) is 18.2 Å². The molecule has 168 valence electrons. The number of nitrogens with zero attached hydrogens (tertiary/aromatic N) is 2. The molecule has 2 heterocycles. The molecule has 1 amide bonds. The van der Waals surface area contributed by atoms with Gasteiger partial charge in [-0.3, -0.25) is 14.6 Å². The van der Waals surface area contributed by atoms with Crippen molar-refractivity contribution in [3.8, 4) is 5.75 Å². The second-order valence-corrected chi connectivity index (χ2v) is 8.07. The maximum absolute atomic E-state index is 13.1. The van der Waals surface area contributed by atoms with E-state index in [1.54, 1.807) is 30.6 Å². The Kier molecular flexibility index (Phi) is 6.54. The standard InChI is InChI=1S/C27H26N2O4/c1-3-15-33-22-12-10-20(11-13-22)24-23(25(30)21-8-6-18(2)7-9-21)26(31)27(32)29(24)17-19-5-4-14-28-16-19/h4-14,16,24,30H,3,15,17H2,1-2H3/b25-23-. The quantitative estimate of drug-likeness (QED) is 0.323. The van der Waals surface area contributed by atoms with Crippen LogP contribution in [-0.4, -0.2) is 33.3 Å². The summed E-state index contributed by atoms with van der Waals surface area (Å²) in [6.45, 7) is 4.78. The Morgan fingerprint density at radius 1 is 1.06 bits per heavy atom. The zero-order valence-corrected chi connectivity index (χ0v) is 18.7. The predicted octanol–water partition coefficient (Wildman–Crippen LogP) is 4.80. The molecule has 33 heavy (non-hydrogen) atoms. The summed E-state index contributed by atoms with van der Waals surface area (Å²) in [5.41, 5.74) is 3.11. The number of hydrogen-bond donors (Lipinski definition) is 1. The fourth-order valence-electron chi connectivity index (χ4n) is 3.91. The van der Waals surface area contributed by atoms with Crippen molar-refractivity contribution in [1.29, 1.82) is 0 Å². The van der Waals surface area contributed by atoms with Crippen molar-refractivity contribution in [2.45, 2.75) is 32.9 Å². The topological polar surface area (TPSA) is 79.7 Å². The van der Waals surface area contributed by atoms with Crippen LogP contribution in [0.3, 0.4) is 0 Å². The van der Waals surface area contributed by atoms with Gasteiger partial charge in [0, 0.05) is 24.5 Å². The smallest absolute Gasteiger partial charge is 0.295 e. The van der Waals surface area contributed by atoms with Crippen molar-refractivity contribution in [1.82, 2.24) is 9.88 Å². The number of aromatic nitrogens is 1. The number of aliphatic hydroxyl groups is 1. The molecule has 1 aliphatic rings. The molecule has 0 saturated carbocycles. The summed E-state index contributed by atoms with van der Waals surface area (Å²) < 4.78 is 5.68. The summed E-state index contributed by atoms with van der Waals surface area (Å²) in [6, 6.07) is 17.4. The average Bonchev–Trinajstić information content (AvgIpc) is 3.08. The number of amides is 1. The molecule has 2 aromatic carbocycles. The molecular weight excluding hydrogens is 416 g/mol. The number of ketones is 1. The Bertz CT molecular complexity index is 1170. The Morgan fingerprint density at radius 3 is 2.42 bits per heavy atom. The number of benzene rings is 2. The van der Waals surface area contributed by atoms with Gasteiger partial charge < -0.3 is 14.7 Å². The highest BCUT2D eigenvalue weighted by molar-refractivity contribution is 6.46. The van der Waals surface area contributed by atoms with Gasteiger partial charge in [0.2, 0.25) is 0 Å². The Labute approximate surface area is 193 Å². The second kappa shape index (κ2) is 9.69. The molecule has 0 spiro atoms. The van der Waals surface area contributed by atoms with Crippen LogP contribution in [0.2, 0.25) is 0 Å². The van der Waals surface area contributed by atoms with Crippen LogP contribution in [0.5, 0.6) is 5.75 Å². The van der Waals surface area contributed by atoms with Crippen LogP contribution in [0.4, 0.5) is 0 Å². The maximum atomic E-state index is 13.1. The molecule has 0 bridgehead atoms. The van der Waals surface area contributed by atoms with Gasteiger partial charge in [-0.05, 0) is 42.7 Å². The number of aliphatic hydroxyl groups excluding tert-OH is 1. The number of Topliss-reactive ketones (excluding diaryl/α,β-unsaturated/α-hetero) is 1. The van der Waals surface area contributed by atoms with E-state index in [4.69, 9.17) is 4.74 Å². The van der Waals surface area contributed by atoms with Crippen molar-refractivity contribution >= 4 is 17.4 Å². The van der Waals surface area contributed by atoms with Crippen LogP contribution in [0, 0.1) is 6.92 Å². The van der Waals surface area contributed by atoms with Gasteiger partial charge in [0.15, 0.2) is 0 Å². The van der Waals surface area contributed by atoms with E-state index in [9.17, 15) is 14.7 Å². The highest BCUT2D eigenvalue weighted by Crippen LogP contribution is 2.40. The summed E-state index contributed by atoms with van der Waals surface area (Å²) in [5.74, 6) is -0.821. The maximum Gasteiger partial charge on any atom is 0.295 e. The van der Waals surface area contributed by atoms with Gasteiger partial charge in [-0.25, -0.2) is 0 Å². The first-order chi connectivity index (χ1) is 16.0. The lowest BCUT2D eigenvalue weighted by Crippen LogP contribution is -2.29. The summed E-state index contributed by atoms with van der Waals surface area (Å²) in [4.78, 5) is 31.8. The number of carbonyl (C=O) groups excluding carboxylic acids is 2. The number of rotatable bonds is 7. The number of carbonyl (C=O) groups is 2. The molecule has 1 atom stereocenters. The minimum absolute atomic E-state index is 0.0787. The fraction of sp³-hybridized carbons (Fsp3) is 0.222. The first-order valence-electron chi connectivity index (χ1n) is 11.0. The van der Waals surface area contributed by atoms with Crippen LogP contribution >= 0.6 is 0 Å². The molecule has 6 heteroatoms. The highest BCUT2D eigenvalue weighted by Gasteiger charge is 2.46. The Balaban J connectivity index is 1.80. The summed E-state index contributed by atoms with van der Waals surface area (Å²) in [7, 11) is 0. The molecule has 1 N–H and O–H groups in total. The summed E-state index contributed by atoms with van der Waals surface area (Å²) in [6.07, 6.45) is 4.21. The molecular formula is C27H26N2O4. The lowest BCUT2D eigenvalue weighted by molar-refractivity contribution is -0.140. The van der Waals surface area contributed by atoms with E-state index < -0.39 is 17.7 Å². The highest BCUT2D eigenvalue weighted by atomic mass is 16.5. The van der Waals surface area contributed by atoms with Gasteiger partial charge in [0.25, 0.3) is 11.7 Å². The third-order valence-electron chi connectivity index (χ3n) is 5.61. The predicted molar refractivity (Wildman–Crippen MR) is 125 cm³/mol. The van der Waals surface area contributed by atoms with Crippen LogP contribution in [0.25, 0.3) is 5.76 Å². The zero-order chi connectivity index (χ0) is 23.4. The first-order valence-corrected chi connectivity index (χ1v) is 11.0. The molecule has 0 radical (unpaired) electrons. The SMILES string of the molecule is CCCOc1ccc(C2/C(=C(/O)c3ccc(C)cc3)C(=O)C(=O)N2Cc2cccnc2)cc1. The monoisotopic (exact) mass is 442 g/mol. The molecule has 6 nitrogen and oxygen atoms in total. The minimum Gasteiger partial charge on any atom is -0.507 e. The van der Waals surface area contributed by atoms with E-state index in [0.717, 1.165) is 23.1 Å². The Morgan fingerprint density at radius 2 is 1.79 bits per heavy atom. The number of likely N-dealkylation sites (tertiary alicyclic amines) is 1. The van der Waals surface area contributed by atoms with E-state index in [1.165, 1.54) is 4.90 Å². The van der Waals surface area contributed by atoms with Crippen LogP contribution < -0.4 is 4.74 Å². The van der Waals surface area contributed by atoms with Gasteiger partial charge >= 0.3 is 0 Å². The van der Waals surface area contributed by atoms with Gasteiger partial charge in [-0.15, -0.1) is 0 Å². The third kappa shape index (κ3) is 4.65. The lowest BCUT2D eigenvalue weighted by Gasteiger charge is -2.25. The summed E-state index contributed by atoms with van der Waals surface area (Å²) >= 11 is 0. The van der Waals surface area contributed by atoms with Crippen LogP contribution in [-0.2, 0) is 16.1 Å². The molecule has 1 aromatic heterocycles. The van der Waals surface area contributed by atoms with Crippen molar-refractivity contribution in [3.05, 3.63) is 101 Å². The van der Waals surface area contributed by atoms with Gasteiger partial charge in [-0.2, -0.15) is 0 Å². The number of pyridine rings is 1. The zero-order valence-electron chi connectivity index (χ0n) is 18.7. The largest absolute Gasteiger partial charge is 0.507 e. The third-order valence-corrected chi connectivity index (χ3v) is 5.61. The van der Waals surface area contributed by atoms with Crippen molar-refractivity contribution in [3.63, 3.8) is 0 Å². The molecule has 0 aliphatic carbocycles. The lowest BCUT2D eigenvalue weighted by atomic mass is 9.95. The van der Waals surface area contributed by atoms with E-state index in [0.29, 0.717) is 17.9 Å². The van der Waals surface area contributed by atoms with Gasteiger partial charge in [-0.1, -0.05) is 55.0 Å². The fourth-order valence-corrected chi connectivity index (χ4v) is 3.91. The average molecular weight is 443 g/mol. The van der Waals surface area contributed by atoms with E-state index >= 15 is 0 Å². The summed E-state index contributed by atoms with van der Waals surface area (Å²) in [5, 5.41) is 11.1. The van der Waals surface area contributed by atoms with Crippen LogP contribution in [0.1, 0.15) is 41.6 Å². The molecule has 4 rings (SSSR count). The van der Waals surface area contributed by atoms with Crippen molar-refractivity contribution in [2.24, 2.45) is 0 Å². The van der Waals surface area contributed by atoms with Gasteiger partial charge in [0.1, 0.15) is 11.5 Å².